The van der Waals surface area contributed by atoms with E-state index in [1.165, 1.54) is 0 Å². The number of rotatable bonds is 4. The van der Waals surface area contributed by atoms with Gasteiger partial charge in [-0.15, -0.1) is 12.4 Å². The van der Waals surface area contributed by atoms with E-state index in [9.17, 15) is 5.26 Å². The first-order chi connectivity index (χ1) is 14.8. The molecule has 6 nitrogen and oxygen atoms in total. The number of nitriles is 1. The van der Waals surface area contributed by atoms with Gasteiger partial charge in [0.25, 0.3) is 0 Å². The molecule has 31 heavy (non-hydrogen) atoms. The number of halogens is 1. The average molecular weight is 432 g/mol. The summed E-state index contributed by atoms with van der Waals surface area (Å²) in [5.74, 6) is 1.56. The zero-order valence-electron chi connectivity index (χ0n) is 16.9. The number of nitrogens with zero attached hydrogens (tertiary/aromatic N) is 4. The fraction of sp³-hybridized carbons (Fsp3) is 0.208. The van der Waals surface area contributed by atoms with Crippen LogP contribution >= 0.6 is 12.4 Å². The molecular formula is C24H22ClN5O. The van der Waals surface area contributed by atoms with Crippen molar-refractivity contribution < 1.29 is 4.74 Å². The molecule has 1 unspecified atom stereocenters. The summed E-state index contributed by atoms with van der Waals surface area (Å²) >= 11 is 0. The molecule has 7 heteroatoms. The molecule has 4 aromatic rings. The summed E-state index contributed by atoms with van der Waals surface area (Å²) in [5.41, 5.74) is 3.23. The number of piperidine rings is 1. The first-order valence-corrected chi connectivity index (χ1v) is 10.1. The number of hydrogen-bond donors (Lipinski definition) is 1. The van der Waals surface area contributed by atoms with Crippen LogP contribution in [0.2, 0.25) is 0 Å². The summed E-state index contributed by atoms with van der Waals surface area (Å²) in [6.45, 7) is 1.88. The van der Waals surface area contributed by atoms with Crippen molar-refractivity contribution in [3.05, 3.63) is 72.6 Å². The van der Waals surface area contributed by atoms with Gasteiger partial charge in [-0.05, 0) is 55.8 Å². The minimum atomic E-state index is 0. The first kappa shape index (κ1) is 20.9. The molecule has 1 N–H and O–H groups in total. The Labute approximate surface area is 186 Å². The predicted molar refractivity (Wildman–Crippen MR) is 123 cm³/mol. The van der Waals surface area contributed by atoms with Crippen LogP contribution in [0.5, 0.6) is 11.5 Å². The van der Waals surface area contributed by atoms with Crippen LogP contribution < -0.4 is 10.1 Å². The van der Waals surface area contributed by atoms with E-state index in [-0.39, 0.29) is 18.4 Å². The molecule has 3 heterocycles. The molecule has 5 rings (SSSR count). The molecule has 0 spiro atoms. The second-order valence-corrected chi connectivity index (χ2v) is 7.43. The Kier molecular flexibility index (Phi) is 6.17. The van der Waals surface area contributed by atoms with Crippen molar-refractivity contribution in [1.82, 2.24) is 20.1 Å². The largest absolute Gasteiger partial charge is 0.457 e. The van der Waals surface area contributed by atoms with Crippen molar-refractivity contribution in [2.24, 2.45) is 0 Å². The van der Waals surface area contributed by atoms with Crippen LogP contribution in [0.1, 0.15) is 24.4 Å². The summed E-state index contributed by atoms with van der Waals surface area (Å²) < 4.78 is 7.92. The third-order valence-electron chi connectivity index (χ3n) is 5.45. The van der Waals surface area contributed by atoms with Crippen LogP contribution in [-0.4, -0.2) is 27.9 Å². The van der Waals surface area contributed by atoms with Crippen LogP contribution in [-0.2, 0) is 0 Å². The molecule has 0 radical (unpaired) electrons. The molecule has 1 saturated heterocycles. The molecule has 0 saturated carbocycles. The number of aromatic nitrogens is 3. The van der Waals surface area contributed by atoms with Crippen molar-refractivity contribution in [3.63, 3.8) is 0 Å². The first-order valence-electron chi connectivity index (χ1n) is 10.1. The van der Waals surface area contributed by atoms with E-state index in [0.717, 1.165) is 59.6 Å². The predicted octanol–water partition coefficient (Wildman–Crippen LogP) is 5.11. The zero-order valence-corrected chi connectivity index (χ0v) is 17.7. The summed E-state index contributed by atoms with van der Waals surface area (Å²) in [5, 5.41) is 18.9. The molecule has 0 amide bonds. The molecule has 1 atom stereocenters. The summed E-state index contributed by atoms with van der Waals surface area (Å²) in [7, 11) is 0. The molecule has 0 bridgehead atoms. The Hall–Kier alpha value is -3.40. The highest BCUT2D eigenvalue weighted by molar-refractivity contribution is 5.95. The van der Waals surface area contributed by atoms with Crippen LogP contribution in [0.25, 0.3) is 22.2 Å². The molecule has 0 aliphatic carbocycles. The molecule has 2 aromatic carbocycles. The quantitative estimate of drug-likeness (QED) is 0.486. The number of pyridine rings is 1. The van der Waals surface area contributed by atoms with Crippen LogP contribution in [0.4, 0.5) is 0 Å². The second kappa shape index (κ2) is 9.17. The van der Waals surface area contributed by atoms with Gasteiger partial charge in [-0.1, -0.05) is 18.2 Å². The number of nitrogens with one attached hydrogen (secondary N) is 1. The van der Waals surface area contributed by atoms with Gasteiger partial charge >= 0.3 is 0 Å². The number of hydrogen-bond acceptors (Lipinski definition) is 5. The third kappa shape index (κ3) is 4.11. The van der Waals surface area contributed by atoms with Gasteiger partial charge in [0.15, 0.2) is 0 Å². The lowest BCUT2D eigenvalue weighted by molar-refractivity contribution is 0.355. The van der Waals surface area contributed by atoms with E-state index in [0.29, 0.717) is 5.56 Å². The van der Waals surface area contributed by atoms with Gasteiger partial charge in [0.05, 0.1) is 17.1 Å². The summed E-state index contributed by atoms with van der Waals surface area (Å²) in [6, 6.07) is 20.1. The van der Waals surface area contributed by atoms with E-state index in [1.807, 2.05) is 59.3 Å². The highest BCUT2D eigenvalue weighted by atomic mass is 35.5. The lowest BCUT2D eigenvalue weighted by Crippen LogP contribution is -2.32. The lowest BCUT2D eigenvalue weighted by atomic mass is 10.1. The Bertz CT molecular complexity index is 1210. The van der Waals surface area contributed by atoms with Gasteiger partial charge in [-0.3, -0.25) is 9.67 Å². The van der Waals surface area contributed by atoms with Crippen molar-refractivity contribution in [1.29, 1.82) is 5.26 Å². The Morgan fingerprint density at radius 2 is 1.81 bits per heavy atom. The minimum Gasteiger partial charge on any atom is -0.457 e. The highest BCUT2D eigenvalue weighted by Crippen LogP contribution is 2.33. The average Bonchev–Trinajstić information content (AvgIpc) is 3.21. The number of fused-ring (bicyclic) bond motifs is 1. The zero-order chi connectivity index (χ0) is 20.3. The van der Waals surface area contributed by atoms with E-state index in [1.54, 1.807) is 12.4 Å². The SMILES string of the molecule is Cl.N#Cc1cncc2c(-c3ccc(Oc4ccccc4)cc3)nn(C3CCCNC3)c12. The third-order valence-corrected chi connectivity index (χ3v) is 5.45. The van der Waals surface area contributed by atoms with Gasteiger partial charge in [0, 0.05) is 29.9 Å². The van der Waals surface area contributed by atoms with Gasteiger partial charge in [0.2, 0.25) is 0 Å². The van der Waals surface area contributed by atoms with Crippen molar-refractivity contribution >= 4 is 23.3 Å². The van der Waals surface area contributed by atoms with E-state index in [2.05, 4.69) is 16.4 Å². The van der Waals surface area contributed by atoms with Gasteiger partial charge in [-0.25, -0.2) is 0 Å². The number of ether oxygens (including phenoxy) is 1. The smallest absolute Gasteiger partial charge is 0.127 e. The van der Waals surface area contributed by atoms with Crippen LogP contribution in [0.3, 0.4) is 0 Å². The highest BCUT2D eigenvalue weighted by Gasteiger charge is 2.23. The maximum Gasteiger partial charge on any atom is 0.127 e. The number of benzene rings is 2. The van der Waals surface area contributed by atoms with Gasteiger partial charge in [0.1, 0.15) is 23.3 Å². The fourth-order valence-electron chi connectivity index (χ4n) is 3.99. The lowest BCUT2D eigenvalue weighted by Gasteiger charge is -2.24. The maximum atomic E-state index is 9.65. The summed E-state index contributed by atoms with van der Waals surface area (Å²) in [6.07, 6.45) is 5.57. The second-order valence-electron chi connectivity index (χ2n) is 7.43. The van der Waals surface area contributed by atoms with Crippen molar-refractivity contribution in [2.45, 2.75) is 18.9 Å². The van der Waals surface area contributed by atoms with Crippen molar-refractivity contribution in [2.75, 3.05) is 13.1 Å². The molecule has 2 aromatic heterocycles. The fourth-order valence-corrected chi connectivity index (χ4v) is 3.99. The van der Waals surface area contributed by atoms with Crippen LogP contribution in [0, 0.1) is 11.3 Å². The molecule has 1 aliphatic heterocycles. The standard InChI is InChI=1S/C24H21N5O.ClH/c25-13-18-14-27-16-22-23(28-29(24(18)22)19-5-4-12-26-15-19)17-8-10-21(11-9-17)30-20-6-2-1-3-7-20;/h1-3,6-11,14,16,19,26H,4-5,12,15H2;1H. The topological polar surface area (TPSA) is 75.8 Å². The summed E-state index contributed by atoms with van der Waals surface area (Å²) in [4.78, 5) is 4.29. The normalized spacial score (nSPS) is 15.8. The molecule has 1 aliphatic rings. The van der Waals surface area contributed by atoms with E-state index >= 15 is 0 Å². The van der Waals surface area contributed by atoms with Crippen molar-refractivity contribution in [3.8, 4) is 28.8 Å². The number of para-hydroxylation sites is 1. The Balaban J connectivity index is 0.00000231. The van der Waals surface area contributed by atoms with E-state index in [4.69, 9.17) is 9.84 Å². The monoisotopic (exact) mass is 431 g/mol. The van der Waals surface area contributed by atoms with Gasteiger partial charge in [-0.2, -0.15) is 10.4 Å². The Morgan fingerprint density at radius 1 is 1.03 bits per heavy atom. The maximum absolute atomic E-state index is 9.65. The Morgan fingerprint density at radius 3 is 2.52 bits per heavy atom. The minimum absolute atomic E-state index is 0. The van der Waals surface area contributed by atoms with Gasteiger partial charge < -0.3 is 10.1 Å². The molecule has 1 fully saturated rings. The van der Waals surface area contributed by atoms with E-state index < -0.39 is 0 Å². The van der Waals surface area contributed by atoms with Crippen LogP contribution in [0.15, 0.2) is 67.0 Å². The molecular weight excluding hydrogens is 410 g/mol. The molecule has 156 valence electrons.